The molecule has 8 heteroatoms. The maximum atomic E-state index is 11.9. The lowest BCUT2D eigenvalue weighted by Gasteiger charge is -2.26. The molecule has 0 aromatic carbocycles. The molecule has 0 radical (unpaired) electrons. The lowest BCUT2D eigenvalue weighted by molar-refractivity contribution is 0.0362. The Labute approximate surface area is 114 Å². The summed E-state index contributed by atoms with van der Waals surface area (Å²) in [6.45, 7) is 4.47. The van der Waals surface area contributed by atoms with Crippen molar-refractivity contribution < 1.29 is 17.9 Å². The van der Waals surface area contributed by atoms with Crippen LogP contribution in [0.4, 0.5) is 0 Å². The molecule has 0 saturated carbocycles. The molecule has 2 saturated heterocycles. The fourth-order valence-electron chi connectivity index (χ4n) is 2.24. The average Bonchev–Trinajstić information content (AvgIpc) is 2.46. The van der Waals surface area contributed by atoms with E-state index in [1.54, 1.807) is 0 Å². The minimum atomic E-state index is -3.38. The van der Waals surface area contributed by atoms with Crippen molar-refractivity contribution >= 4 is 10.2 Å². The van der Waals surface area contributed by atoms with Crippen LogP contribution in [0.2, 0.25) is 0 Å². The summed E-state index contributed by atoms with van der Waals surface area (Å²) < 4.78 is 38.6. The number of morpholine rings is 1. The highest BCUT2D eigenvalue weighted by molar-refractivity contribution is 7.87. The van der Waals surface area contributed by atoms with E-state index in [0.717, 1.165) is 25.9 Å². The van der Waals surface area contributed by atoms with E-state index in [9.17, 15) is 8.42 Å². The Hall–Kier alpha value is -0.250. The van der Waals surface area contributed by atoms with Crippen LogP contribution in [0.25, 0.3) is 0 Å². The molecular weight excluding hydrogens is 270 g/mol. The van der Waals surface area contributed by atoms with E-state index in [4.69, 9.17) is 9.47 Å². The van der Waals surface area contributed by atoms with E-state index in [1.807, 2.05) is 0 Å². The normalized spacial score (nSPS) is 23.6. The van der Waals surface area contributed by atoms with Crippen LogP contribution in [-0.2, 0) is 19.7 Å². The molecule has 0 aromatic heterocycles. The fourth-order valence-corrected chi connectivity index (χ4v) is 3.39. The van der Waals surface area contributed by atoms with Crippen LogP contribution in [0.3, 0.4) is 0 Å². The molecule has 19 heavy (non-hydrogen) atoms. The van der Waals surface area contributed by atoms with Crippen LogP contribution in [0, 0.1) is 0 Å². The van der Waals surface area contributed by atoms with Gasteiger partial charge in [-0.2, -0.15) is 17.4 Å². The molecule has 2 rings (SSSR count). The zero-order chi connectivity index (χ0) is 13.6. The number of nitrogens with one attached hydrogen (secondary N) is 2. The monoisotopic (exact) mass is 293 g/mol. The first kappa shape index (κ1) is 15.1. The summed E-state index contributed by atoms with van der Waals surface area (Å²) in [7, 11) is -3.38. The highest BCUT2D eigenvalue weighted by atomic mass is 32.2. The second-order valence-electron chi connectivity index (χ2n) is 4.73. The number of rotatable bonds is 6. The third-order valence-electron chi connectivity index (χ3n) is 3.34. The maximum absolute atomic E-state index is 11.9. The Kier molecular flexibility index (Phi) is 5.99. The molecule has 0 amide bonds. The third-order valence-corrected chi connectivity index (χ3v) is 4.95. The van der Waals surface area contributed by atoms with E-state index in [2.05, 4.69) is 10.0 Å². The van der Waals surface area contributed by atoms with Gasteiger partial charge in [-0.05, 0) is 25.9 Å². The zero-order valence-electron chi connectivity index (χ0n) is 11.1. The minimum absolute atomic E-state index is 0.258. The summed E-state index contributed by atoms with van der Waals surface area (Å²) in [5.41, 5.74) is 0. The van der Waals surface area contributed by atoms with Gasteiger partial charge in [0, 0.05) is 19.6 Å². The predicted molar refractivity (Wildman–Crippen MR) is 71.2 cm³/mol. The van der Waals surface area contributed by atoms with E-state index < -0.39 is 10.2 Å². The highest BCUT2D eigenvalue weighted by Crippen LogP contribution is 2.07. The SMILES string of the molecule is O=S(=O)(NCCOC1CCNCC1)N1CCOCC1. The van der Waals surface area contributed by atoms with Crippen molar-refractivity contribution in [2.24, 2.45) is 0 Å². The summed E-state index contributed by atoms with van der Waals surface area (Å²) in [6, 6.07) is 0. The van der Waals surface area contributed by atoms with Crippen molar-refractivity contribution in [1.29, 1.82) is 0 Å². The van der Waals surface area contributed by atoms with Crippen LogP contribution >= 0.6 is 0 Å². The summed E-state index contributed by atoms with van der Waals surface area (Å²) in [5, 5.41) is 3.26. The largest absolute Gasteiger partial charge is 0.379 e. The number of ether oxygens (including phenoxy) is 2. The molecule has 0 aromatic rings. The zero-order valence-corrected chi connectivity index (χ0v) is 12.0. The lowest BCUT2D eigenvalue weighted by Crippen LogP contribution is -2.47. The van der Waals surface area contributed by atoms with E-state index in [-0.39, 0.29) is 6.10 Å². The quantitative estimate of drug-likeness (QED) is 0.609. The van der Waals surface area contributed by atoms with Gasteiger partial charge in [-0.1, -0.05) is 0 Å². The topological polar surface area (TPSA) is 79.9 Å². The van der Waals surface area contributed by atoms with E-state index >= 15 is 0 Å². The summed E-state index contributed by atoms with van der Waals surface area (Å²) in [6.07, 6.45) is 2.25. The van der Waals surface area contributed by atoms with Crippen molar-refractivity contribution in [1.82, 2.24) is 14.3 Å². The lowest BCUT2D eigenvalue weighted by atomic mass is 10.1. The molecular formula is C11H23N3O4S. The van der Waals surface area contributed by atoms with Crippen molar-refractivity contribution in [3.8, 4) is 0 Å². The van der Waals surface area contributed by atoms with Crippen molar-refractivity contribution in [3.63, 3.8) is 0 Å². The summed E-state index contributed by atoms with van der Waals surface area (Å²) in [4.78, 5) is 0. The molecule has 0 bridgehead atoms. The van der Waals surface area contributed by atoms with Gasteiger partial charge in [-0.25, -0.2) is 0 Å². The predicted octanol–water partition coefficient (Wildman–Crippen LogP) is -1.08. The Balaban J connectivity index is 1.63. The Morgan fingerprint density at radius 2 is 1.95 bits per heavy atom. The summed E-state index contributed by atoms with van der Waals surface area (Å²) >= 11 is 0. The summed E-state index contributed by atoms with van der Waals surface area (Å²) in [5.74, 6) is 0. The van der Waals surface area contributed by atoms with Crippen LogP contribution in [-0.4, -0.2) is 71.4 Å². The molecule has 2 N–H and O–H groups in total. The number of hydrogen-bond acceptors (Lipinski definition) is 5. The van der Waals surface area contributed by atoms with Gasteiger partial charge in [0.15, 0.2) is 0 Å². The number of nitrogens with zero attached hydrogens (tertiary/aromatic N) is 1. The van der Waals surface area contributed by atoms with Gasteiger partial charge in [0.2, 0.25) is 0 Å². The Morgan fingerprint density at radius 3 is 2.63 bits per heavy atom. The molecule has 0 aliphatic carbocycles. The molecule has 2 aliphatic heterocycles. The minimum Gasteiger partial charge on any atom is -0.379 e. The molecule has 112 valence electrons. The van der Waals surface area contributed by atoms with Gasteiger partial charge in [0.1, 0.15) is 0 Å². The second kappa shape index (κ2) is 7.51. The van der Waals surface area contributed by atoms with E-state index in [1.165, 1.54) is 4.31 Å². The van der Waals surface area contributed by atoms with Gasteiger partial charge in [-0.3, -0.25) is 0 Å². The Morgan fingerprint density at radius 1 is 1.26 bits per heavy atom. The van der Waals surface area contributed by atoms with Crippen LogP contribution in [0.5, 0.6) is 0 Å². The van der Waals surface area contributed by atoms with Crippen LogP contribution in [0.15, 0.2) is 0 Å². The molecule has 0 unspecified atom stereocenters. The van der Waals surface area contributed by atoms with Gasteiger partial charge >= 0.3 is 0 Å². The van der Waals surface area contributed by atoms with Crippen LogP contribution in [0.1, 0.15) is 12.8 Å². The average molecular weight is 293 g/mol. The van der Waals surface area contributed by atoms with E-state index in [0.29, 0.717) is 39.5 Å². The molecule has 7 nitrogen and oxygen atoms in total. The first-order chi connectivity index (χ1) is 9.18. The van der Waals surface area contributed by atoms with Crippen molar-refractivity contribution in [2.45, 2.75) is 18.9 Å². The first-order valence-electron chi connectivity index (χ1n) is 6.83. The molecule has 0 atom stereocenters. The molecule has 0 spiro atoms. The third kappa shape index (κ3) is 4.97. The molecule has 2 heterocycles. The van der Waals surface area contributed by atoms with Gasteiger partial charge in [-0.15, -0.1) is 0 Å². The first-order valence-corrected chi connectivity index (χ1v) is 8.27. The van der Waals surface area contributed by atoms with Crippen LogP contribution < -0.4 is 10.0 Å². The van der Waals surface area contributed by atoms with Crippen molar-refractivity contribution in [2.75, 3.05) is 52.5 Å². The van der Waals surface area contributed by atoms with Gasteiger partial charge in [0.25, 0.3) is 10.2 Å². The number of hydrogen-bond donors (Lipinski definition) is 2. The molecule has 2 fully saturated rings. The molecule has 2 aliphatic rings. The van der Waals surface area contributed by atoms with Gasteiger partial charge < -0.3 is 14.8 Å². The smallest absolute Gasteiger partial charge is 0.279 e. The fraction of sp³-hybridized carbons (Fsp3) is 1.00. The Bertz CT molecular complexity index is 351. The highest BCUT2D eigenvalue weighted by Gasteiger charge is 2.23. The maximum Gasteiger partial charge on any atom is 0.279 e. The van der Waals surface area contributed by atoms with Gasteiger partial charge in [0.05, 0.1) is 25.9 Å². The standard InChI is InChI=1S/C11H23N3O4S/c15-19(16,14-6-9-17-10-7-14)13-5-8-18-11-1-3-12-4-2-11/h11-13H,1-10H2. The number of piperidine rings is 1. The second-order valence-corrected chi connectivity index (χ2v) is 6.49. The van der Waals surface area contributed by atoms with Crippen molar-refractivity contribution in [3.05, 3.63) is 0 Å².